The van der Waals surface area contributed by atoms with Gasteiger partial charge in [-0.3, -0.25) is 14.2 Å². The van der Waals surface area contributed by atoms with Gasteiger partial charge in [-0.25, -0.2) is 16.8 Å². The summed E-state index contributed by atoms with van der Waals surface area (Å²) in [5.41, 5.74) is 9.44. The predicted molar refractivity (Wildman–Crippen MR) is 233 cm³/mol. The fourth-order valence-corrected chi connectivity index (χ4v) is 9.45. The van der Waals surface area contributed by atoms with Gasteiger partial charge in [0.1, 0.15) is 0 Å². The van der Waals surface area contributed by atoms with Crippen LogP contribution in [0.15, 0.2) is 91.4 Å². The number of anilines is 4. The highest BCUT2D eigenvalue weighted by molar-refractivity contribution is 7.93. The number of halogens is 3. The minimum atomic E-state index is -5.13. The molecule has 19 nitrogen and oxygen atoms in total. The van der Waals surface area contributed by atoms with E-state index in [4.69, 9.17) is 23.9 Å². The van der Waals surface area contributed by atoms with Gasteiger partial charge in [0, 0.05) is 35.6 Å². The molecule has 6 aromatic rings. The number of carbonyl (C=O) groups is 1. The van der Waals surface area contributed by atoms with Crippen molar-refractivity contribution in [3.63, 3.8) is 0 Å². The summed E-state index contributed by atoms with van der Waals surface area (Å²) in [6.45, 7) is 4.37. The molecule has 0 saturated heterocycles. The Morgan fingerprint density at radius 2 is 1.11 bits per heavy atom. The van der Waals surface area contributed by atoms with Gasteiger partial charge >= 0.3 is 26.3 Å². The first-order chi connectivity index (χ1) is 31.3. The summed E-state index contributed by atoms with van der Waals surface area (Å²) < 4.78 is 117. The average molecular weight is 953 g/mol. The molecular weight excluding hydrogens is 911 g/mol. The molecule has 346 valence electrons. The molecule has 8 rings (SSSR count). The summed E-state index contributed by atoms with van der Waals surface area (Å²) in [4.78, 5) is 11.2. The molecule has 0 atom stereocenters. The number of amides is 1. The Morgan fingerprint density at radius 3 is 1.58 bits per heavy atom. The SMILES string of the molecule is CCCc1nnc(Cc2cc(N)ccc2S(=O)(=O)Nc2ccc3c(c2)B(O)OC3)o1.CCCc1nnc(Cc2cc(NC(=O)C(F)(F)F)ccc2S(=O)(=O)Nc2ccc3c(c2)B(O)OC3)o1. The number of hydrogen-bond acceptors (Lipinski definition) is 16. The number of alkyl halides is 3. The van der Waals surface area contributed by atoms with Crippen molar-refractivity contribution in [1.82, 2.24) is 20.4 Å². The minimum absolute atomic E-state index is 0.0127. The zero-order valence-corrected chi connectivity index (χ0v) is 36.8. The van der Waals surface area contributed by atoms with Crippen molar-refractivity contribution in [3.8, 4) is 0 Å². The normalized spacial score (nSPS) is 13.5. The molecule has 0 bridgehead atoms. The molecule has 0 saturated carbocycles. The molecule has 4 heterocycles. The van der Waals surface area contributed by atoms with Gasteiger partial charge < -0.3 is 39.2 Å². The van der Waals surface area contributed by atoms with Crippen molar-refractivity contribution in [3.05, 3.63) is 119 Å². The Morgan fingerprint density at radius 1 is 0.667 bits per heavy atom. The molecule has 0 radical (unpaired) electrons. The molecular formula is C40H41B2F3N8O11S2. The molecule has 66 heavy (non-hydrogen) atoms. The second kappa shape index (κ2) is 19.7. The van der Waals surface area contributed by atoms with Crippen LogP contribution < -0.4 is 31.4 Å². The summed E-state index contributed by atoms with van der Waals surface area (Å²) in [6.07, 6.45) is -2.47. The first-order valence-corrected chi connectivity index (χ1v) is 23.2. The second-order valence-electron chi connectivity index (χ2n) is 15.0. The second-order valence-corrected chi connectivity index (χ2v) is 18.3. The molecule has 1 amide bonds. The number of sulfonamides is 2. The Labute approximate surface area is 376 Å². The number of nitrogens with one attached hydrogen (secondary N) is 3. The van der Waals surface area contributed by atoms with E-state index in [0.717, 1.165) is 36.6 Å². The lowest BCUT2D eigenvalue weighted by Gasteiger charge is -2.15. The van der Waals surface area contributed by atoms with Gasteiger partial charge in [0.15, 0.2) is 0 Å². The molecule has 2 aromatic heterocycles. The van der Waals surface area contributed by atoms with E-state index in [1.807, 2.05) is 13.8 Å². The van der Waals surface area contributed by atoms with Crippen LogP contribution in [-0.4, -0.2) is 73.6 Å². The lowest BCUT2D eigenvalue weighted by Crippen LogP contribution is -2.30. The van der Waals surface area contributed by atoms with Gasteiger partial charge in [-0.1, -0.05) is 26.0 Å². The van der Waals surface area contributed by atoms with Crippen LogP contribution in [0.2, 0.25) is 0 Å². The van der Waals surface area contributed by atoms with Crippen molar-refractivity contribution >= 4 is 73.9 Å². The highest BCUT2D eigenvalue weighted by Crippen LogP contribution is 2.29. The Bertz CT molecular complexity index is 2980. The summed E-state index contributed by atoms with van der Waals surface area (Å²) in [5, 5.41) is 37.2. The van der Waals surface area contributed by atoms with Crippen molar-refractivity contribution in [1.29, 1.82) is 0 Å². The quantitative estimate of drug-likeness (QED) is 0.0636. The van der Waals surface area contributed by atoms with E-state index in [2.05, 4.69) is 29.8 Å². The van der Waals surface area contributed by atoms with Crippen molar-refractivity contribution in [2.45, 2.75) is 81.6 Å². The number of fused-ring (bicyclic) bond motifs is 2. The number of nitrogens with two attached hydrogens (primary N) is 1. The summed E-state index contributed by atoms with van der Waals surface area (Å²) in [7, 11) is -10.5. The van der Waals surface area contributed by atoms with Crippen LogP contribution in [0.5, 0.6) is 0 Å². The first-order valence-electron chi connectivity index (χ1n) is 20.2. The van der Waals surface area contributed by atoms with Crippen LogP contribution in [0.4, 0.5) is 35.9 Å². The lowest BCUT2D eigenvalue weighted by atomic mass is 9.79. The van der Waals surface area contributed by atoms with Gasteiger partial charge in [0.25, 0.3) is 20.0 Å². The number of rotatable bonds is 15. The third-order valence-electron chi connectivity index (χ3n) is 9.99. The lowest BCUT2D eigenvalue weighted by molar-refractivity contribution is -0.167. The molecule has 0 unspecified atom stereocenters. The van der Waals surface area contributed by atoms with Crippen LogP contribution in [-0.2, 0) is 73.0 Å². The van der Waals surface area contributed by atoms with E-state index >= 15 is 0 Å². The average Bonchev–Trinajstić information content (AvgIpc) is 4.06. The van der Waals surface area contributed by atoms with Gasteiger partial charge in [0.2, 0.25) is 23.6 Å². The summed E-state index contributed by atoms with van der Waals surface area (Å²) in [6, 6.07) is 17.2. The topological polar surface area (TPSA) is 284 Å². The maximum atomic E-state index is 13.3. The first kappa shape index (κ1) is 47.6. The zero-order valence-electron chi connectivity index (χ0n) is 35.1. The number of carbonyl (C=O) groups excluding carboxylic acids is 1. The number of aromatic nitrogens is 4. The fourth-order valence-electron chi connectivity index (χ4n) is 6.91. The zero-order chi connectivity index (χ0) is 47.4. The molecule has 0 fully saturated rings. The van der Waals surface area contributed by atoms with Gasteiger partial charge in [0.05, 0.1) is 35.8 Å². The van der Waals surface area contributed by atoms with Gasteiger partial charge in [-0.05, 0) is 107 Å². The van der Waals surface area contributed by atoms with E-state index < -0.39 is 46.4 Å². The molecule has 4 aromatic carbocycles. The third kappa shape index (κ3) is 11.4. The van der Waals surface area contributed by atoms with Crippen LogP contribution in [0, 0.1) is 0 Å². The predicted octanol–water partition coefficient (Wildman–Crippen LogP) is 3.35. The maximum Gasteiger partial charge on any atom is 0.491 e. The standard InChI is InChI=1S/C21H20BF3N4O6S.C19H21BN4O5S/c1-2-3-18-27-28-19(35-18)9-13-8-14(26-20(30)21(23,24)25)6-7-17(13)36(32,33)29-15-5-4-12-11-34-22(31)16(12)10-15;1-2-3-18-22-23-19(29-18)9-13-8-14(21)5-7-17(13)30(26,27)24-15-6-4-12-11-28-20(25)16(12)10-15/h4-8,10,29,31H,2-3,9,11H2,1H3,(H,26,30);4-8,10,24-25H,2-3,9,11,21H2,1H3. The van der Waals surface area contributed by atoms with Crippen molar-refractivity contribution in [2.75, 3.05) is 20.5 Å². The van der Waals surface area contributed by atoms with Crippen LogP contribution >= 0.6 is 0 Å². The van der Waals surface area contributed by atoms with E-state index in [1.54, 1.807) is 35.6 Å². The Kier molecular flexibility index (Phi) is 14.2. The minimum Gasteiger partial charge on any atom is -0.425 e. The number of nitrogen functional groups attached to an aromatic ring is 1. The number of aryl methyl sites for hydroxylation is 2. The largest absolute Gasteiger partial charge is 0.491 e. The van der Waals surface area contributed by atoms with Crippen molar-refractivity contribution in [2.24, 2.45) is 0 Å². The van der Waals surface area contributed by atoms with Crippen LogP contribution in [0.25, 0.3) is 0 Å². The van der Waals surface area contributed by atoms with E-state index in [0.29, 0.717) is 63.9 Å². The van der Waals surface area contributed by atoms with Crippen LogP contribution in [0.3, 0.4) is 0 Å². The Hall–Kier alpha value is -6.31. The number of hydrogen-bond donors (Lipinski definition) is 6. The molecule has 0 spiro atoms. The number of nitrogens with zero attached hydrogens (tertiary/aromatic N) is 4. The maximum absolute atomic E-state index is 13.3. The molecule has 2 aliphatic rings. The van der Waals surface area contributed by atoms with E-state index in [-0.39, 0.29) is 58.7 Å². The monoisotopic (exact) mass is 952 g/mol. The van der Waals surface area contributed by atoms with Crippen LogP contribution in [0.1, 0.15) is 72.5 Å². The van der Waals surface area contributed by atoms with Crippen molar-refractivity contribution < 1.29 is 63.0 Å². The van der Waals surface area contributed by atoms with E-state index in [1.165, 1.54) is 24.3 Å². The van der Waals surface area contributed by atoms with Gasteiger partial charge in [-0.2, -0.15) is 13.2 Å². The van der Waals surface area contributed by atoms with E-state index in [9.17, 15) is 44.8 Å². The van der Waals surface area contributed by atoms with Gasteiger partial charge in [-0.15, -0.1) is 20.4 Å². The highest BCUT2D eigenvalue weighted by atomic mass is 32.2. The fraction of sp³-hybridized carbons (Fsp3) is 0.275. The molecule has 2 aliphatic heterocycles. The number of benzene rings is 4. The highest BCUT2D eigenvalue weighted by Gasteiger charge is 2.39. The molecule has 7 N–H and O–H groups in total. The summed E-state index contributed by atoms with van der Waals surface area (Å²) in [5.74, 6) is -0.997. The third-order valence-corrected chi connectivity index (χ3v) is 13.0. The molecule has 0 aliphatic carbocycles. The molecule has 26 heteroatoms. The Balaban J connectivity index is 0.000000199. The smallest absolute Gasteiger partial charge is 0.425 e. The summed E-state index contributed by atoms with van der Waals surface area (Å²) >= 11 is 0.